The number of carbonyl (C=O) groups excluding carboxylic acids is 1. The first-order valence-electron chi connectivity index (χ1n) is 6.97. The zero-order valence-corrected chi connectivity index (χ0v) is 13.2. The molecule has 1 amide bonds. The van der Waals surface area contributed by atoms with Gasteiger partial charge in [-0.1, -0.05) is 30.7 Å². The molecular formula is C15H16ClN3O4. The number of hydrogen-bond acceptors (Lipinski definition) is 4. The minimum atomic E-state index is -1.01. The molecule has 8 heteroatoms. The van der Waals surface area contributed by atoms with Gasteiger partial charge in [0.05, 0.1) is 5.02 Å². The average molecular weight is 338 g/mol. The molecule has 1 atom stereocenters. The minimum absolute atomic E-state index is 0.262. The maximum Gasteiger partial charge on any atom is 0.325 e. The lowest BCUT2D eigenvalue weighted by molar-refractivity contribution is -0.137. The number of aromatic nitrogens is 2. The number of rotatable bonds is 7. The Balaban J connectivity index is 2.01. The molecule has 0 saturated carbocycles. The van der Waals surface area contributed by atoms with Crippen LogP contribution in [0.25, 0.3) is 0 Å². The van der Waals surface area contributed by atoms with Gasteiger partial charge in [0.25, 0.3) is 5.91 Å². The molecule has 0 radical (unpaired) electrons. The number of carbonyl (C=O) groups is 2. The number of ether oxygens (including phenoxy) is 1. The fraction of sp³-hybridized carbons (Fsp3) is 0.267. The van der Waals surface area contributed by atoms with Crippen molar-refractivity contribution in [3.05, 3.63) is 41.6 Å². The summed E-state index contributed by atoms with van der Waals surface area (Å²) in [5.41, 5.74) is 0. The van der Waals surface area contributed by atoms with E-state index in [0.29, 0.717) is 17.2 Å². The van der Waals surface area contributed by atoms with Crippen molar-refractivity contribution in [2.75, 3.05) is 5.32 Å². The number of carboxylic acids is 1. The average Bonchev–Trinajstić information content (AvgIpc) is 2.92. The standard InChI is InChI=1S/C15H16ClN3O4/c1-2-11(23-12-6-4-3-5-10(12)16)15(22)17-13-7-8-19(18-13)9-14(20)21/h3-8,11H,2,9H2,1H3,(H,20,21)(H,17,18,22). The van der Waals surface area contributed by atoms with Gasteiger partial charge in [-0.25, -0.2) is 0 Å². The SMILES string of the molecule is CCC(Oc1ccccc1Cl)C(=O)Nc1ccn(CC(=O)O)n1. The van der Waals surface area contributed by atoms with E-state index in [4.69, 9.17) is 21.4 Å². The summed E-state index contributed by atoms with van der Waals surface area (Å²) in [5, 5.41) is 15.7. The summed E-state index contributed by atoms with van der Waals surface area (Å²) in [5.74, 6) is -0.711. The minimum Gasteiger partial charge on any atom is -0.480 e. The summed E-state index contributed by atoms with van der Waals surface area (Å²) >= 11 is 6.01. The lowest BCUT2D eigenvalue weighted by Crippen LogP contribution is -2.32. The van der Waals surface area contributed by atoms with E-state index in [2.05, 4.69) is 10.4 Å². The third-order valence-electron chi connectivity index (χ3n) is 2.96. The summed E-state index contributed by atoms with van der Waals surface area (Å²) in [4.78, 5) is 22.9. The third kappa shape index (κ3) is 4.72. The van der Waals surface area contributed by atoms with Crippen LogP contribution in [-0.4, -0.2) is 32.9 Å². The number of para-hydroxylation sites is 1. The molecule has 2 aromatic rings. The molecular weight excluding hydrogens is 322 g/mol. The van der Waals surface area contributed by atoms with Crippen LogP contribution in [0.3, 0.4) is 0 Å². The van der Waals surface area contributed by atoms with Crippen molar-refractivity contribution in [1.82, 2.24) is 9.78 Å². The molecule has 1 heterocycles. The van der Waals surface area contributed by atoms with Crippen molar-refractivity contribution in [1.29, 1.82) is 0 Å². The first kappa shape index (κ1) is 16.8. The van der Waals surface area contributed by atoms with Gasteiger partial charge in [0.15, 0.2) is 11.9 Å². The van der Waals surface area contributed by atoms with E-state index < -0.39 is 12.1 Å². The maximum atomic E-state index is 12.2. The number of halogens is 1. The highest BCUT2D eigenvalue weighted by atomic mass is 35.5. The number of hydrogen-bond donors (Lipinski definition) is 2. The van der Waals surface area contributed by atoms with Gasteiger partial charge in [0.1, 0.15) is 12.3 Å². The summed E-state index contributed by atoms with van der Waals surface area (Å²) in [6, 6.07) is 8.41. The molecule has 0 bridgehead atoms. The number of amides is 1. The fourth-order valence-corrected chi connectivity index (χ4v) is 2.06. The number of benzene rings is 1. The largest absolute Gasteiger partial charge is 0.480 e. The maximum absolute atomic E-state index is 12.2. The van der Waals surface area contributed by atoms with E-state index in [-0.39, 0.29) is 18.3 Å². The number of nitrogens with one attached hydrogen (secondary N) is 1. The second-order valence-corrected chi connectivity index (χ2v) is 5.13. The third-order valence-corrected chi connectivity index (χ3v) is 3.27. The Kier molecular flexibility index (Phi) is 5.59. The molecule has 7 nitrogen and oxygen atoms in total. The van der Waals surface area contributed by atoms with Crippen LogP contribution in [0.4, 0.5) is 5.82 Å². The smallest absolute Gasteiger partial charge is 0.325 e. The molecule has 0 aliphatic rings. The van der Waals surface area contributed by atoms with Gasteiger partial charge < -0.3 is 15.2 Å². The van der Waals surface area contributed by atoms with Crippen molar-refractivity contribution in [2.45, 2.75) is 26.0 Å². The second-order valence-electron chi connectivity index (χ2n) is 4.73. The van der Waals surface area contributed by atoms with Crippen molar-refractivity contribution < 1.29 is 19.4 Å². The normalized spacial score (nSPS) is 11.7. The monoisotopic (exact) mass is 337 g/mol. The predicted molar refractivity (Wildman–Crippen MR) is 84.7 cm³/mol. The molecule has 1 unspecified atom stereocenters. The highest BCUT2D eigenvalue weighted by Crippen LogP contribution is 2.25. The van der Waals surface area contributed by atoms with Gasteiger partial charge >= 0.3 is 5.97 Å². The van der Waals surface area contributed by atoms with Crippen molar-refractivity contribution in [2.24, 2.45) is 0 Å². The Bertz CT molecular complexity index is 702. The number of anilines is 1. The van der Waals surface area contributed by atoms with Crippen LogP contribution < -0.4 is 10.1 Å². The molecule has 0 aliphatic carbocycles. The van der Waals surface area contributed by atoms with Crippen LogP contribution >= 0.6 is 11.6 Å². The number of aliphatic carboxylic acids is 1. The van der Waals surface area contributed by atoms with Gasteiger partial charge in [-0.05, 0) is 18.6 Å². The second kappa shape index (κ2) is 7.64. The van der Waals surface area contributed by atoms with Crippen molar-refractivity contribution in [3.63, 3.8) is 0 Å². The van der Waals surface area contributed by atoms with Crippen LogP contribution in [0, 0.1) is 0 Å². The Labute approximate surface area is 137 Å². The zero-order chi connectivity index (χ0) is 16.8. The van der Waals surface area contributed by atoms with Gasteiger partial charge in [-0.2, -0.15) is 5.10 Å². The molecule has 1 aromatic carbocycles. The Morgan fingerprint density at radius 3 is 2.78 bits per heavy atom. The van der Waals surface area contributed by atoms with E-state index in [1.807, 2.05) is 6.92 Å². The highest BCUT2D eigenvalue weighted by Gasteiger charge is 2.20. The first-order chi connectivity index (χ1) is 11.0. The van der Waals surface area contributed by atoms with E-state index in [1.165, 1.54) is 16.9 Å². The number of nitrogens with zero attached hydrogens (tertiary/aromatic N) is 2. The highest BCUT2D eigenvalue weighted by molar-refractivity contribution is 6.32. The van der Waals surface area contributed by atoms with E-state index in [0.717, 1.165) is 0 Å². The first-order valence-corrected chi connectivity index (χ1v) is 7.34. The van der Waals surface area contributed by atoms with Crippen molar-refractivity contribution >= 4 is 29.3 Å². The zero-order valence-electron chi connectivity index (χ0n) is 12.4. The lowest BCUT2D eigenvalue weighted by atomic mass is 10.2. The fourth-order valence-electron chi connectivity index (χ4n) is 1.88. The molecule has 122 valence electrons. The van der Waals surface area contributed by atoms with Gasteiger partial charge in [0, 0.05) is 12.3 Å². The van der Waals surface area contributed by atoms with E-state index in [1.54, 1.807) is 24.3 Å². The number of carboxylic acid groups (broad SMARTS) is 1. The molecule has 2 N–H and O–H groups in total. The molecule has 2 rings (SSSR count). The van der Waals surface area contributed by atoms with Crippen LogP contribution in [-0.2, 0) is 16.1 Å². The van der Waals surface area contributed by atoms with E-state index >= 15 is 0 Å². The Hall–Kier alpha value is -2.54. The van der Waals surface area contributed by atoms with Crippen LogP contribution in [0.15, 0.2) is 36.5 Å². The quantitative estimate of drug-likeness (QED) is 0.809. The predicted octanol–water partition coefficient (Wildman–Crippen LogP) is 2.42. The molecule has 0 spiro atoms. The van der Waals surface area contributed by atoms with Gasteiger partial charge in [-0.3, -0.25) is 14.3 Å². The molecule has 0 saturated heterocycles. The molecule has 0 fully saturated rings. The Morgan fingerprint density at radius 2 is 2.13 bits per heavy atom. The van der Waals surface area contributed by atoms with Gasteiger partial charge in [-0.15, -0.1) is 0 Å². The summed E-state index contributed by atoms with van der Waals surface area (Å²) in [7, 11) is 0. The van der Waals surface area contributed by atoms with Gasteiger partial charge in [0.2, 0.25) is 0 Å². The molecule has 0 aliphatic heterocycles. The van der Waals surface area contributed by atoms with Crippen molar-refractivity contribution in [3.8, 4) is 5.75 Å². The lowest BCUT2D eigenvalue weighted by Gasteiger charge is -2.17. The molecule has 1 aromatic heterocycles. The van der Waals surface area contributed by atoms with Crippen LogP contribution in [0.1, 0.15) is 13.3 Å². The van der Waals surface area contributed by atoms with Crippen LogP contribution in [0.5, 0.6) is 5.75 Å². The van der Waals surface area contributed by atoms with Crippen LogP contribution in [0.2, 0.25) is 5.02 Å². The summed E-state index contributed by atoms with van der Waals surface area (Å²) in [6.45, 7) is 1.54. The van der Waals surface area contributed by atoms with E-state index in [9.17, 15) is 9.59 Å². The Morgan fingerprint density at radius 1 is 1.39 bits per heavy atom. The summed E-state index contributed by atoms with van der Waals surface area (Å²) < 4.78 is 6.84. The molecule has 23 heavy (non-hydrogen) atoms. The summed E-state index contributed by atoms with van der Waals surface area (Å²) in [6.07, 6.45) is 1.17. The topological polar surface area (TPSA) is 93.5 Å².